The Morgan fingerprint density at radius 3 is 2.37 bits per heavy atom. The first-order chi connectivity index (χ1) is 8.92. The number of benzene rings is 1. The Hall–Kier alpha value is -0.683. The summed E-state index contributed by atoms with van der Waals surface area (Å²) in [7, 11) is -1.54. The quantitative estimate of drug-likeness (QED) is 0.814. The Balaban J connectivity index is 1.78. The summed E-state index contributed by atoms with van der Waals surface area (Å²) in [5.41, 5.74) is 6.99. The average Bonchev–Trinajstić information content (AvgIpc) is 2.31. The molecule has 1 aliphatic carbocycles. The fourth-order valence-corrected chi connectivity index (χ4v) is 4.17. The van der Waals surface area contributed by atoms with Gasteiger partial charge in [-0.15, -0.1) is 0 Å². The van der Waals surface area contributed by atoms with Crippen LogP contribution in [0.15, 0.2) is 30.3 Å². The SMILES string of the molecule is C[Si](C)(C)OC1(CN)CC(OCc2ccccc2)C1. The van der Waals surface area contributed by atoms with E-state index in [1.807, 2.05) is 18.2 Å². The molecule has 0 spiro atoms. The van der Waals surface area contributed by atoms with E-state index < -0.39 is 8.32 Å². The lowest BCUT2D eigenvalue weighted by Gasteiger charge is -2.49. The Kier molecular flexibility index (Phi) is 4.45. The van der Waals surface area contributed by atoms with Crippen molar-refractivity contribution in [1.82, 2.24) is 0 Å². The van der Waals surface area contributed by atoms with Gasteiger partial charge >= 0.3 is 0 Å². The molecule has 0 aliphatic heterocycles. The summed E-state index contributed by atoms with van der Waals surface area (Å²) >= 11 is 0. The van der Waals surface area contributed by atoms with Crippen LogP contribution in [0.3, 0.4) is 0 Å². The molecule has 0 heterocycles. The van der Waals surface area contributed by atoms with Crippen molar-refractivity contribution in [2.45, 2.75) is 50.8 Å². The van der Waals surface area contributed by atoms with E-state index in [0.29, 0.717) is 19.3 Å². The van der Waals surface area contributed by atoms with E-state index in [9.17, 15) is 0 Å². The van der Waals surface area contributed by atoms with Crippen molar-refractivity contribution in [3.8, 4) is 0 Å². The standard InChI is InChI=1S/C15H25NO2Si/c1-19(2,3)18-15(12-16)9-14(10-15)17-11-13-7-5-4-6-8-13/h4-8,14H,9-12,16H2,1-3H3. The second kappa shape index (κ2) is 5.75. The van der Waals surface area contributed by atoms with Gasteiger partial charge in [0.2, 0.25) is 0 Å². The molecule has 0 aromatic heterocycles. The van der Waals surface area contributed by atoms with Crippen LogP contribution in [0.1, 0.15) is 18.4 Å². The molecule has 0 amide bonds. The summed E-state index contributed by atoms with van der Waals surface area (Å²) in [4.78, 5) is 0. The second-order valence-corrected chi connectivity index (χ2v) is 10.9. The van der Waals surface area contributed by atoms with E-state index in [1.165, 1.54) is 5.56 Å². The van der Waals surface area contributed by atoms with Crippen molar-refractivity contribution in [3.63, 3.8) is 0 Å². The molecule has 1 aliphatic rings. The molecule has 0 unspecified atom stereocenters. The van der Waals surface area contributed by atoms with E-state index in [1.54, 1.807) is 0 Å². The third-order valence-corrected chi connectivity index (χ3v) is 4.47. The van der Waals surface area contributed by atoms with Crippen LogP contribution in [-0.4, -0.2) is 26.6 Å². The fourth-order valence-electron chi connectivity index (χ4n) is 2.62. The summed E-state index contributed by atoms with van der Waals surface area (Å²) in [6.45, 7) is 7.91. The molecule has 0 radical (unpaired) electrons. The first-order valence-corrected chi connectivity index (χ1v) is 10.4. The van der Waals surface area contributed by atoms with Gasteiger partial charge in [0.1, 0.15) is 0 Å². The molecular formula is C15H25NO2Si. The molecule has 106 valence electrons. The van der Waals surface area contributed by atoms with Crippen molar-refractivity contribution in [3.05, 3.63) is 35.9 Å². The van der Waals surface area contributed by atoms with E-state index in [-0.39, 0.29) is 5.60 Å². The van der Waals surface area contributed by atoms with Gasteiger partial charge in [-0.25, -0.2) is 0 Å². The van der Waals surface area contributed by atoms with Crippen LogP contribution in [0.4, 0.5) is 0 Å². The van der Waals surface area contributed by atoms with Gasteiger partial charge in [0.15, 0.2) is 8.32 Å². The highest BCUT2D eigenvalue weighted by Gasteiger charge is 2.47. The van der Waals surface area contributed by atoms with Crippen molar-refractivity contribution in [2.24, 2.45) is 5.73 Å². The molecule has 0 atom stereocenters. The van der Waals surface area contributed by atoms with E-state index in [2.05, 4.69) is 31.8 Å². The van der Waals surface area contributed by atoms with Gasteiger partial charge in [-0.05, 0) is 25.2 Å². The van der Waals surface area contributed by atoms with E-state index in [4.69, 9.17) is 14.9 Å². The molecule has 0 saturated heterocycles. The first-order valence-electron chi connectivity index (χ1n) is 6.98. The molecule has 1 aromatic carbocycles. The van der Waals surface area contributed by atoms with Crippen LogP contribution in [-0.2, 0) is 15.8 Å². The van der Waals surface area contributed by atoms with E-state index in [0.717, 1.165) is 12.8 Å². The van der Waals surface area contributed by atoms with Crippen LogP contribution in [0.25, 0.3) is 0 Å². The molecule has 0 bridgehead atoms. The van der Waals surface area contributed by atoms with Gasteiger partial charge in [0.25, 0.3) is 0 Å². The predicted molar refractivity (Wildman–Crippen MR) is 80.5 cm³/mol. The summed E-state index contributed by atoms with van der Waals surface area (Å²) in [5.74, 6) is 0. The topological polar surface area (TPSA) is 44.5 Å². The molecule has 2 N–H and O–H groups in total. The number of hydrogen-bond acceptors (Lipinski definition) is 3. The van der Waals surface area contributed by atoms with Crippen LogP contribution in [0.5, 0.6) is 0 Å². The van der Waals surface area contributed by atoms with Crippen LogP contribution >= 0.6 is 0 Å². The molecule has 1 saturated carbocycles. The van der Waals surface area contributed by atoms with E-state index >= 15 is 0 Å². The maximum Gasteiger partial charge on any atom is 0.184 e. The Morgan fingerprint density at radius 1 is 1.21 bits per heavy atom. The molecule has 4 heteroatoms. The number of ether oxygens (including phenoxy) is 1. The number of hydrogen-bond donors (Lipinski definition) is 1. The fraction of sp³-hybridized carbons (Fsp3) is 0.600. The molecule has 1 fully saturated rings. The molecular weight excluding hydrogens is 254 g/mol. The van der Waals surface area contributed by atoms with Crippen LogP contribution < -0.4 is 5.73 Å². The Bertz CT molecular complexity index is 396. The minimum Gasteiger partial charge on any atom is -0.411 e. The average molecular weight is 279 g/mol. The number of nitrogens with two attached hydrogens (primary N) is 1. The molecule has 2 rings (SSSR count). The van der Waals surface area contributed by atoms with Crippen molar-refractivity contribution in [1.29, 1.82) is 0 Å². The summed E-state index contributed by atoms with van der Waals surface area (Å²) in [6.07, 6.45) is 2.15. The first kappa shape index (κ1) is 14.7. The monoisotopic (exact) mass is 279 g/mol. The molecule has 3 nitrogen and oxygen atoms in total. The largest absolute Gasteiger partial charge is 0.411 e. The lowest BCUT2D eigenvalue weighted by molar-refractivity contribution is -0.128. The minimum absolute atomic E-state index is 0.119. The molecule has 1 aromatic rings. The third-order valence-electron chi connectivity index (χ3n) is 3.42. The highest BCUT2D eigenvalue weighted by molar-refractivity contribution is 6.69. The zero-order valence-corrected chi connectivity index (χ0v) is 13.2. The number of rotatable bonds is 6. The lowest BCUT2D eigenvalue weighted by atomic mass is 9.77. The predicted octanol–water partition coefficient (Wildman–Crippen LogP) is 2.91. The third kappa shape index (κ3) is 4.14. The van der Waals surface area contributed by atoms with Crippen molar-refractivity contribution < 1.29 is 9.16 Å². The maximum absolute atomic E-state index is 6.23. The lowest BCUT2D eigenvalue weighted by Crippen LogP contribution is -2.58. The van der Waals surface area contributed by atoms with Crippen LogP contribution in [0.2, 0.25) is 19.6 Å². The van der Waals surface area contributed by atoms with Gasteiger partial charge in [0.05, 0.1) is 18.3 Å². The zero-order valence-electron chi connectivity index (χ0n) is 12.2. The summed E-state index contributed by atoms with van der Waals surface area (Å²) in [6, 6.07) is 10.3. The minimum atomic E-state index is -1.54. The Labute approximate surface area is 117 Å². The summed E-state index contributed by atoms with van der Waals surface area (Å²) in [5, 5.41) is 0. The van der Waals surface area contributed by atoms with Crippen LogP contribution in [0, 0.1) is 0 Å². The highest BCUT2D eigenvalue weighted by atomic mass is 28.4. The van der Waals surface area contributed by atoms with Crippen molar-refractivity contribution >= 4 is 8.32 Å². The highest BCUT2D eigenvalue weighted by Crippen LogP contribution is 2.39. The van der Waals surface area contributed by atoms with Gasteiger partial charge in [0, 0.05) is 19.4 Å². The normalized spacial score (nSPS) is 27.1. The van der Waals surface area contributed by atoms with Gasteiger partial charge < -0.3 is 14.9 Å². The van der Waals surface area contributed by atoms with Gasteiger partial charge in [-0.3, -0.25) is 0 Å². The zero-order chi connectivity index (χ0) is 13.9. The van der Waals surface area contributed by atoms with Crippen molar-refractivity contribution in [2.75, 3.05) is 6.54 Å². The molecule has 19 heavy (non-hydrogen) atoms. The Morgan fingerprint density at radius 2 is 1.84 bits per heavy atom. The smallest absolute Gasteiger partial charge is 0.184 e. The maximum atomic E-state index is 6.23. The van der Waals surface area contributed by atoms with Gasteiger partial charge in [-0.2, -0.15) is 0 Å². The second-order valence-electron chi connectivity index (χ2n) is 6.43. The summed E-state index contributed by atoms with van der Waals surface area (Å²) < 4.78 is 12.1. The van der Waals surface area contributed by atoms with Gasteiger partial charge in [-0.1, -0.05) is 30.3 Å².